The molecule has 0 bridgehead atoms. The number of hydrogen-bond donors (Lipinski definition) is 2. The summed E-state index contributed by atoms with van der Waals surface area (Å²) in [4.78, 5) is 59.9. The van der Waals surface area contributed by atoms with Crippen LogP contribution in [0.2, 0.25) is 0 Å². The minimum Gasteiger partial charge on any atom is -0.463 e. The zero-order chi connectivity index (χ0) is 29.3. The normalized spacial score (nSPS) is 25.5. The van der Waals surface area contributed by atoms with Crippen LogP contribution in [0.15, 0.2) is 22.1 Å². The van der Waals surface area contributed by atoms with E-state index in [9.17, 15) is 19.2 Å². The summed E-state index contributed by atoms with van der Waals surface area (Å²) in [6, 6.07) is 1.19. The smallest absolute Gasteiger partial charge is 0.307 e. The molecule has 2 saturated heterocycles. The van der Waals surface area contributed by atoms with Crippen LogP contribution in [-0.2, 0) is 38.1 Å². The number of esters is 3. The summed E-state index contributed by atoms with van der Waals surface area (Å²) in [7, 11) is 0. The highest BCUT2D eigenvalue weighted by molar-refractivity contribution is 6.10. The Hall–Kier alpha value is -4.08. The zero-order valence-electron chi connectivity index (χ0n) is 23.0. The van der Waals surface area contributed by atoms with Crippen LogP contribution in [0, 0.1) is 0 Å². The number of carbonyl (C=O) groups is 3. The number of carbonyl (C=O) groups excluding carboxylic acids is 3. The minimum absolute atomic E-state index is 0.0752. The molecule has 5 rings (SSSR count). The van der Waals surface area contributed by atoms with E-state index in [0.29, 0.717) is 49.4 Å². The second-order valence-electron chi connectivity index (χ2n) is 10.2. The van der Waals surface area contributed by atoms with Crippen LogP contribution in [0.1, 0.15) is 33.4 Å². The Morgan fingerprint density at radius 1 is 1.22 bits per heavy atom. The third-order valence-electron chi connectivity index (χ3n) is 7.20. The number of nitrogens with zero attached hydrogens (tertiary/aromatic N) is 4. The average Bonchev–Trinajstić information content (AvgIpc) is 3.38. The first-order valence-electron chi connectivity index (χ1n) is 13.2. The summed E-state index contributed by atoms with van der Waals surface area (Å²) in [6.07, 6.45) is -0.225. The molecule has 0 radical (unpaired) electrons. The molecule has 0 unspecified atom stereocenters. The Labute approximate surface area is 234 Å². The molecule has 3 aliphatic rings. The fraction of sp³-hybridized carbons (Fsp3) is 0.538. The Balaban J connectivity index is 1.53. The van der Waals surface area contributed by atoms with E-state index in [4.69, 9.17) is 29.4 Å². The van der Waals surface area contributed by atoms with Gasteiger partial charge < -0.3 is 39.3 Å². The van der Waals surface area contributed by atoms with Gasteiger partial charge >= 0.3 is 17.9 Å². The van der Waals surface area contributed by atoms with Crippen molar-refractivity contribution in [1.82, 2.24) is 14.5 Å². The maximum Gasteiger partial charge on any atom is 0.307 e. The maximum atomic E-state index is 13.1. The van der Waals surface area contributed by atoms with E-state index < -0.39 is 47.5 Å². The Bertz CT molecular complexity index is 1450. The highest BCUT2D eigenvalue weighted by atomic mass is 16.7. The lowest BCUT2D eigenvalue weighted by Crippen LogP contribution is -2.50. The molecule has 41 heavy (non-hydrogen) atoms. The Morgan fingerprint density at radius 3 is 2.68 bits per heavy atom. The molecule has 2 aromatic rings. The van der Waals surface area contributed by atoms with E-state index in [0.717, 1.165) is 0 Å². The lowest BCUT2D eigenvalue weighted by Gasteiger charge is -2.35. The predicted molar refractivity (Wildman–Crippen MR) is 145 cm³/mol. The fourth-order valence-corrected chi connectivity index (χ4v) is 5.38. The first-order valence-corrected chi connectivity index (χ1v) is 13.2. The molecule has 5 heterocycles. The molecule has 0 amide bonds. The lowest BCUT2D eigenvalue weighted by atomic mass is 9.95. The monoisotopic (exact) mass is 572 g/mol. The second kappa shape index (κ2) is 11.4. The van der Waals surface area contributed by atoms with Crippen molar-refractivity contribution in [1.29, 1.82) is 0 Å². The van der Waals surface area contributed by atoms with Crippen LogP contribution in [0.3, 0.4) is 0 Å². The summed E-state index contributed by atoms with van der Waals surface area (Å²) in [6.45, 7) is 6.82. The van der Waals surface area contributed by atoms with Crippen LogP contribution >= 0.6 is 0 Å². The van der Waals surface area contributed by atoms with E-state index in [1.165, 1.54) is 26.3 Å². The number of nitrogens with two attached hydrogens (primary N) is 1. The molecular weight excluding hydrogens is 540 g/mol. The molecule has 3 N–H and O–H groups in total. The molecule has 0 saturated carbocycles. The van der Waals surface area contributed by atoms with Crippen molar-refractivity contribution in [3.8, 4) is 0 Å². The number of nitrogen functional groups attached to an aromatic ring is 1. The van der Waals surface area contributed by atoms with Gasteiger partial charge in [-0.25, -0.2) is 4.99 Å². The Morgan fingerprint density at radius 2 is 1.98 bits per heavy atom. The molecule has 0 aromatic carbocycles. The number of morpholine rings is 1. The molecule has 3 aliphatic heterocycles. The van der Waals surface area contributed by atoms with Gasteiger partial charge in [-0.3, -0.25) is 24.1 Å². The van der Waals surface area contributed by atoms with Gasteiger partial charge in [0.25, 0.3) is 5.56 Å². The molecule has 0 aliphatic carbocycles. The summed E-state index contributed by atoms with van der Waals surface area (Å²) >= 11 is 0. The molecule has 4 atom stereocenters. The van der Waals surface area contributed by atoms with Gasteiger partial charge in [0.2, 0.25) is 0 Å². The van der Waals surface area contributed by atoms with E-state index in [1.54, 1.807) is 17.7 Å². The molecule has 15 nitrogen and oxygen atoms in total. The van der Waals surface area contributed by atoms with Crippen LogP contribution in [0.4, 0.5) is 17.3 Å². The SMILES string of the molecule is CC(=O)OC[C@H]1O[C@@H](n2cc3c(N)cc(=O)nc4c3c2N=CN4)[C@](C)(OC(C)=O)[C@@H]1OC(=O)CCN1CCOCC1. The van der Waals surface area contributed by atoms with Gasteiger partial charge in [-0.05, 0) is 6.92 Å². The Kier molecular flexibility index (Phi) is 7.93. The van der Waals surface area contributed by atoms with E-state index >= 15 is 0 Å². The number of hydrogen-bond acceptors (Lipinski definition) is 14. The van der Waals surface area contributed by atoms with Crippen LogP contribution in [0.25, 0.3) is 10.8 Å². The van der Waals surface area contributed by atoms with Gasteiger partial charge in [0, 0.05) is 56.8 Å². The van der Waals surface area contributed by atoms with Gasteiger partial charge in [-0.1, -0.05) is 0 Å². The van der Waals surface area contributed by atoms with Gasteiger partial charge in [-0.2, -0.15) is 4.98 Å². The van der Waals surface area contributed by atoms with Crippen molar-refractivity contribution in [3.63, 3.8) is 0 Å². The number of nitrogens with one attached hydrogen (secondary N) is 1. The van der Waals surface area contributed by atoms with E-state index in [2.05, 4.69) is 20.2 Å². The topological polar surface area (TPSA) is 186 Å². The van der Waals surface area contributed by atoms with Crippen molar-refractivity contribution >= 4 is 52.3 Å². The number of ether oxygens (including phenoxy) is 5. The largest absolute Gasteiger partial charge is 0.463 e. The molecule has 0 spiro atoms. The lowest BCUT2D eigenvalue weighted by molar-refractivity contribution is -0.186. The van der Waals surface area contributed by atoms with Gasteiger partial charge in [0.05, 0.1) is 31.4 Å². The third kappa shape index (κ3) is 5.73. The number of aliphatic imine (C=N–C) groups is 1. The van der Waals surface area contributed by atoms with Gasteiger partial charge in [0.15, 0.2) is 17.9 Å². The molecule has 220 valence electrons. The summed E-state index contributed by atoms with van der Waals surface area (Å²) in [5.41, 5.74) is 4.23. The van der Waals surface area contributed by atoms with Crippen molar-refractivity contribution < 1.29 is 38.1 Å². The van der Waals surface area contributed by atoms with Gasteiger partial charge in [0.1, 0.15) is 24.3 Å². The van der Waals surface area contributed by atoms with E-state index in [-0.39, 0.29) is 24.5 Å². The van der Waals surface area contributed by atoms with Gasteiger partial charge in [-0.15, -0.1) is 0 Å². The standard InChI is InChI=1S/C26H32N6O9/c1-14(33)38-12-18-22(40-20(36)4-5-31-6-8-37-9-7-31)26(3,41-15(2)34)25(39-18)32-11-16-17(27)10-19(35)30-23-21(16)24(32)29-13-28-23/h10-11,13,18,22,25H,4-9,12,27H2,1-3H3,(H,28,29,30,35)/t18-,22-,25-,26-/m1/s1. The fourth-order valence-electron chi connectivity index (χ4n) is 5.38. The van der Waals surface area contributed by atoms with Crippen LogP contribution < -0.4 is 16.6 Å². The summed E-state index contributed by atoms with van der Waals surface area (Å²) in [5, 5.41) is 3.75. The maximum absolute atomic E-state index is 13.1. The minimum atomic E-state index is -1.59. The molecule has 2 aromatic heterocycles. The number of rotatable bonds is 8. The van der Waals surface area contributed by atoms with E-state index in [1.807, 2.05) is 0 Å². The first-order chi connectivity index (χ1) is 19.6. The second-order valence-corrected chi connectivity index (χ2v) is 10.2. The average molecular weight is 573 g/mol. The predicted octanol–water partition coefficient (Wildman–Crippen LogP) is 0.480. The summed E-state index contributed by atoms with van der Waals surface area (Å²) in [5.74, 6) is -1.20. The van der Waals surface area contributed by atoms with Crippen molar-refractivity contribution in [2.24, 2.45) is 4.99 Å². The van der Waals surface area contributed by atoms with Crippen LogP contribution in [-0.4, -0.2) is 96.0 Å². The summed E-state index contributed by atoms with van der Waals surface area (Å²) < 4.78 is 30.3. The van der Waals surface area contributed by atoms with Crippen LogP contribution in [0.5, 0.6) is 0 Å². The van der Waals surface area contributed by atoms with Crippen molar-refractivity contribution in [2.45, 2.75) is 51.2 Å². The number of anilines is 2. The van der Waals surface area contributed by atoms with Crippen molar-refractivity contribution in [3.05, 3.63) is 22.6 Å². The number of aromatic nitrogens is 2. The molecular formula is C26H32N6O9. The first kappa shape index (κ1) is 28.4. The molecule has 2 fully saturated rings. The third-order valence-corrected chi connectivity index (χ3v) is 7.20. The highest BCUT2D eigenvalue weighted by Crippen LogP contribution is 2.48. The quantitative estimate of drug-likeness (QED) is 0.329. The van der Waals surface area contributed by atoms with Crippen molar-refractivity contribution in [2.75, 3.05) is 50.5 Å². The highest BCUT2D eigenvalue weighted by Gasteiger charge is 2.60. The molecule has 15 heteroatoms. The zero-order valence-corrected chi connectivity index (χ0v) is 23.0.